The van der Waals surface area contributed by atoms with Gasteiger partial charge in [-0.3, -0.25) is 14.4 Å². The van der Waals surface area contributed by atoms with E-state index in [-0.39, 0.29) is 31.1 Å². The lowest BCUT2D eigenvalue weighted by molar-refractivity contribution is 0.0517. The zero-order valence-electron chi connectivity index (χ0n) is 28.1. The Balaban J connectivity index is 2.31. The Morgan fingerprint density at radius 3 is 2.25 bits per heavy atom. The topological polar surface area (TPSA) is 107 Å². The van der Waals surface area contributed by atoms with Crippen molar-refractivity contribution in [1.29, 1.82) is 0 Å². The predicted octanol–water partition coefficient (Wildman–Crippen LogP) is 7.23. The lowest BCUT2D eigenvalue weighted by atomic mass is 9.99. The number of carbonyl (C=O) groups is 3. The number of halogens is 3. The molecule has 48 heavy (non-hydrogen) atoms. The summed E-state index contributed by atoms with van der Waals surface area (Å²) in [6.45, 7) is 13.2. The van der Waals surface area contributed by atoms with Crippen molar-refractivity contribution in [2.24, 2.45) is 5.92 Å². The van der Waals surface area contributed by atoms with E-state index in [0.717, 1.165) is 15.9 Å². The molecule has 0 fully saturated rings. The third-order valence-electron chi connectivity index (χ3n) is 7.38. The molecule has 0 spiro atoms. The molecule has 1 heterocycles. The van der Waals surface area contributed by atoms with E-state index in [9.17, 15) is 32.3 Å². The van der Waals surface area contributed by atoms with Gasteiger partial charge < -0.3 is 14.8 Å². The van der Waals surface area contributed by atoms with Crippen LogP contribution in [-0.2, 0) is 17.9 Å². The molecule has 0 aliphatic rings. The number of pyridine rings is 1. The van der Waals surface area contributed by atoms with Gasteiger partial charge in [0.15, 0.2) is 17.2 Å². The number of ketones is 1. The third kappa shape index (κ3) is 9.58. The summed E-state index contributed by atoms with van der Waals surface area (Å²) in [7, 11) is 0. The molecule has 0 saturated heterocycles. The fourth-order valence-corrected chi connectivity index (χ4v) is 4.72. The van der Waals surface area contributed by atoms with Crippen LogP contribution in [0.15, 0.2) is 66.1 Å². The van der Waals surface area contributed by atoms with Crippen molar-refractivity contribution in [3.63, 3.8) is 0 Å². The summed E-state index contributed by atoms with van der Waals surface area (Å²) in [6.07, 6.45) is 2.50. The molecule has 258 valence electrons. The number of hydrogen-bond acceptors (Lipinski definition) is 6. The molecule has 9 nitrogen and oxygen atoms in total. The van der Waals surface area contributed by atoms with Gasteiger partial charge in [0.25, 0.3) is 5.91 Å². The van der Waals surface area contributed by atoms with Gasteiger partial charge in [0.05, 0.1) is 6.04 Å². The summed E-state index contributed by atoms with van der Waals surface area (Å²) >= 11 is 0. The summed E-state index contributed by atoms with van der Waals surface area (Å²) < 4.78 is 55.0. The first kappa shape index (κ1) is 37.6. The van der Waals surface area contributed by atoms with Gasteiger partial charge in [0.1, 0.15) is 35.2 Å². The van der Waals surface area contributed by atoms with Crippen LogP contribution in [0.5, 0.6) is 5.75 Å². The number of ether oxygens (including phenoxy) is 2. The zero-order valence-corrected chi connectivity index (χ0v) is 28.1. The van der Waals surface area contributed by atoms with E-state index >= 15 is 0 Å². The number of benzene rings is 2. The fraction of sp³-hybridized carbons (Fsp3) is 0.389. The lowest BCUT2D eigenvalue weighted by Crippen LogP contribution is -2.51. The van der Waals surface area contributed by atoms with Crippen molar-refractivity contribution < 1.29 is 37.0 Å². The first-order valence-corrected chi connectivity index (χ1v) is 15.6. The van der Waals surface area contributed by atoms with Gasteiger partial charge in [-0.15, -0.1) is 6.58 Å². The number of nitrogens with one attached hydrogen (secondary N) is 1. The van der Waals surface area contributed by atoms with Crippen LogP contribution in [0.1, 0.15) is 92.8 Å². The largest absolute Gasteiger partial charge is 0.483 e. The summed E-state index contributed by atoms with van der Waals surface area (Å²) in [4.78, 5) is 55.5. The molecule has 1 N–H and O–H groups in total. The molecule has 0 radical (unpaired) electrons. The van der Waals surface area contributed by atoms with Crippen LogP contribution in [0.2, 0.25) is 0 Å². The monoisotopic (exact) mass is 669 g/mol. The van der Waals surface area contributed by atoms with Gasteiger partial charge in [-0.1, -0.05) is 56.7 Å². The Morgan fingerprint density at radius 1 is 1.06 bits per heavy atom. The van der Waals surface area contributed by atoms with Crippen LogP contribution in [0, 0.1) is 23.4 Å². The Labute approximate surface area is 278 Å². The summed E-state index contributed by atoms with van der Waals surface area (Å²) in [5.74, 6) is -5.87. The van der Waals surface area contributed by atoms with Crippen molar-refractivity contribution in [3.05, 3.63) is 111 Å². The number of aromatic nitrogens is 1. The molecule has 3 rings (SSSR count). The van der Waals surface area contributed by atoms with Crippen LogP contribution in [-0.4, -0.2) is 34.1 Å². The van der Waals surface area contributed by atoms with Gasteiger partial charge in [0.2, 0.25) is 5.43 Å². The van der Waals surface area contributed by atoms with Crippen molar-refractivity contribution >= 4 is 17.8 Å². The maximum absolute atomic E-state index is 14.4. The number of carbonyl (C=O) groups excluding carboxylic acids is 3. The molecule has 2 amide bonds. The number of amides is 2. The van der Waals surface area contributed by atoms with Crippen molar-refractivity contribution in [2.45, 2.75) is 85.6 Å². The lowest BCUT2D eigenvalue weighted by Gasteiger charge is -2.34. The molecule has 2 atom stereocenters. The second kappa shape index (κ2) is 16.3. The molecular weight excluding hydrogens is 627 g/mol. The van der Waals surface area contributed by atoms with E-state index in [2.05, 4.69) is 11.9 Å². The molecule has 0 saturated carbocycles. The van der Waals surface area contributed by atoms with Gasteiger partial charge >= 0.3 is 6.09 Å². The number of rotatable bonds is 14. The van der Waals surface area contributed by atoms with Crippen LogP contribution in [0.25, 0.3) is 0 Å². The van der Waals surface area contributed by atoms with Crippen molar-refractivity contribution in [1.82, 2.24) is 9.99 Å². The molecule has 3 aromatic rings. The standard InChI is InChI=1S/C36H42F3N3O6/c1-8-13-23(4)42(35(46)48-36(5,6)7)41-20-27(34(45)40-19-26-28(38)17-25(37)18-29(26)39)32(44)33(31(41)30(43)16-22(3)9-2)47-21-24-14-11-10-12-15-24/h8,10-12,14-15,17-18,20,22-23H,1,9,13,16,19,21H2,2-7H3,(H,40,45)/t22-,23+/m0/s1. The minimum Gasteiger partial charge on any atom is -0.483 e. The minimum absolute atomic E-state index is 0.0235. The maximum atomic E-state index is 14.4. The second-order valence-corrected chi connectivity index (χ2v) is 12.5. The predicted molar refractivity (Wildman–Crippen MR) is 176 cm³/mol. The van der Waals surface area contributed by atoms with Gasteiger partial charge in [-0.25, -0.2) is 27.7 Å². The Kier molecular flexibility index (Phi) is 12.8. The first-order chi connectivity index (χ1) is 22.6. The summed E-state index contributed by atoms with van der Waals surface area (Å²) in [5.41, 5.74) is -2.84. The molecular formula is C36H42F3N3O6. The Hall–Kier alpha value is -4.87. The first-order valence-electron chi connectivity index (χ1n) is 15.6. The van der Waals surface area contributed by atoms with Crippen molar-refractivity contribution in [3.8, 4) is 5.75 Å². The Bertz CT molecular complexity index is 1680. The third-order valence-corrected chi connectivity index (χ3v) is 7.38. The fourth-order valence-electron chi connectivity index (χ4n) is 4.72. The quantitative estimate of drug-likeness (QED) is 0.143. The van der Waals surface area contributed by atoms with Crippen LogP contribution >= 0.6 is 0 Å². The van der Waals surface area contributed by atoms with Crippen molar-refractivity contribution in [2.75, 3.05) is 5.01 Å². The van der Waals surface area contributed by atoms with E-state index in [1.165, 1.54) is 0 Å². The maximum Gasteiger partial charge on any atom is 0.429 e. The van der Waals surface area contributed by atoms with E-state index in [1.54, 1.807) is 64.1 Å². The molecule has 2 aromatic carbocycles. The molecule has 12 heteroatoms. The molecule has 0 bridgehead atoms. The normalized spacial score (nSPS) is 12.5. The van der Waals surface area contributed by atoms with E-state index in [4.69, 9.17) is 9.47 Å². The summed E-state index contributed by atoms with van der Waals surface area (Å²) in [6, 6.07) is 8.98. The number of Topliss-reactive ketones (excluding diaryl/α,β-unsaturated/α-hetero) is 1. The van der Waals surface area contributed by atoms with E-state index in [1.807, 2.05) is 13.8 Å². The van der Waals surface area contributed by atoms with Crippen LogP contribution < -0.4 is 20.5 Å². The highest BCUT2D eigenvalue weighted by Crippen LogP contribution is 2.25. The van der Waals surface area contributed by atoms with E-state index < -0.39 is 75.7 Å². The van der Waals surface area contributed by atoms with Gasteiger partial charge in [-0.2, -0.15) is 0 Å². The zero-order chi connectivity index (χ0) is 35.8. The average molecular weight is 670 g/mol. The van der Waals surface area contributed by atoms with Crippen LogP contribution in [0.3, 0.4) is 0 Å². The average Bonchev–Trinajstić information content (AvgIpc) is 2.99. The van der Waals surface area contributed by atoms with E-state index in [0.29, 0.717) is 24.1 Å². The molecule has 0 aliphatic heterocycles. The molecule has 0 unspecified atom stereocenters. The number of hydrogen-bond donors (Lipinski definition) is 1. The van der Waals surface area contributed by atoms with Gasteiger partial charge in [0, 0.05) is 36.9 Å². The SMILES string of the molecule is C=CC[C@@H](C)N(C(=O)OC(C)(C)C)n1cc(C(=O)NCc2c(F)cc(F)cc2F)c(=O)c(OCc2ccccc2)c1C(=O)C[C@@H](C)CC. The highest BCUT2D eigenvalue weighted by Gasteiger charge is 2.34. The van der Waals surface area contributed by atoms with Crippen LogP contribution in [0.4, 0.5) is 18.0 Å². The highest BCUT2D eigenvalue weighted by molar-refractivity contribution is 6.00. The minimum atomic E-state index is -1.24. The number of nitrogens with zero attached hydrogens (tertiary/aromatic N) is 2. The second-order valence-electron chi connectivity index (χ2n) is 12.5. The highest BCUT2D eigenvalue weighted by atomic mass is 19.1. The van der Waals surface area contributed by atoms with Gasteiger partial charge in [-0.05, 0) is 45.6 Å². The Morgan fingerprint density at radius 2 is 1.69 bits per heavy atom. The smallest absolute Gasteiger partial charge is 0.429 e. The molecule has 0 aliphatic carbocycles. The summed E-state index contributed by atoms with van der Waals surface area (Å²) in [5, 5.41) is 3.39. The molecule has 1 aromatic heterocycles.